The predicted octanol–water partition coefficient (Wildman–Crippen LogP) is 7.59. The van der Waals surface area contributed by atoms with Crippen LogP contribution in [-0.2, 0) is 14.3 Å². The second-order valence-electron chi connectivity index (χ2n) is 13.2. The molecular weight excluding hydrogens is 476 g/mol. The Bertz CT molecular complexity index is 749. The molecule has 4 saturated carbocycles. The lowest BCUT2D eigenvalue weighted by Crippen LogP contribution is -2.61. The zero-order valence-corrected chi connectivity index (χ0v) is 23.5. The van der Waals surface area contributed by atoms with Gasteiger partial charge in [0.1, 0.15) is 6.10 Å². The van der Waals surface area contributed by atoms with Crippen molar-refractivity contribution >= 4 is 27.7 Å². The third-order valence-electron chi connectivity index (χ3n) is 11.0. The second kappa shape index (κ2) is 9.58. The molecule has 0 aromatic heterocycles. The minimum Gasteiger partial charge on any atom is -0.463 e. The van der Waals surface area contributed by atoms with Crippen LogP contribution in [0.4, 0.5) is 0 Å². The number of hydrogen-bond donors (Lipinski definition) is 0. The highest BCUT2D eigenvalue weighted by atomic mass is 79.9. The normalized spacial score (nSPS) is 45.8. The SMILES string of the molecule is CC(=O)OC1CCC2(C)C(C1)C(=O)C(Br)C1C2CCC2(C)C(C(C)CCCC(C)C)CCC12. The first-order valence-corrected chi connectivity index (χ1v) is 14.8. The Kier molecular flexibility index (Phi) is 7.46. The van der Waals surface area contributed by atoms with Crippen molar-refractivity contribution in [2.45, 2.75) is 117 Å². The monoisotopic (exact) mass is 522 g/mol. The molecule has 4 fully saturated rings. The number of ketones is 1. The molecule has 0 aromatic rings. The van der Waals surface area contributed by atoms with E-state index in [-0.39, 0.29) is 28.2 Å². The number of halogens is 1. The summed E-state index contributed by atoms with van der Waals surface area (Å²) >= 11 is 3.97. The minimum absolute atomic E-state index is 0.0257. The van der Waals surface area contributed by atoms with Crippen LogP contribution in [-0.4, -0.2) is 22.7 Å². The maximum Gasteiger partial charge on any atom is 0.302 e. The van der Waals surface area contributed by atoms with Gasteiger partial charge in [0.25, 0.3) is 0 Å². The van der Waals surface area contributed by atoms with Crippen molar-refractivity contribution in [1.29, 1.82) is 0 Å². The molecule has 4 heteroatoms. The molecule has 4 rings (SSSR count). The van der Waals surface area contributed by atoms with E-state index in [1.54, 1.807) is 0 Å². The number of esters is 1. The fourth-order valence-corrected chi connectivity index (χ4v) is 10.4. The summed E-state index contributed by atoms with van der Waals surface area (Å²) in [4.78, 5) is 25.3. The van der Waals surface area contributed by atoms with Crippen molar-refractivity contribution in [1.82, 2.24) is 0 Å². The molecule has 0 spiro atoms. The van der Waals surface area contributed by atoms with Gasteiger partial charge in [-0.2, -0.15) is 0 Å². The molecule has 4 aliphatic carbocycles. The second-order valence-corrected chi connectivity index (χ2v) is 14.2. The fraction of sp³-hybridized carbons (Fsp3) is 0.931. The molecule has 10 atom stereocenters. The van der Waals surface area contributed by atoms with E-state index in [1.807, 2.05) is 0 Å². The van der Waals surface area contributed by atoms with Crippen LogP contribution in [0.2, 0.25) is 0 Å². The van der Waals surface area contributed by atoms with E-state index in [1.165, 1.54) is 51.9 Å². The summed E-state index contributed by atoms with van der Waals surface area (Å²) < 4.78 is 5.57. The van der Waals surface area contributed by atoms with E-state index in [9.17, 15) is 9.59 Å². The summed E-state index contributed by atoms with van der Waals surface area (Å²) in [6, 6.07) is 0. The van der Waals surface area contributed by atoms with Crippen LogP contribution in [0.1, 0.15) is 106 Å². The van der Waals surface area contributed by atoms with Gasteiger partial charge in [0, 0.05) is 12.8 Å². The third-order valence-corrected chi connectivity index (χ3v) is 12.0. The fourth-order valence-electron chi connectivity index (χ4n) is 9.30. The average Bonchev–Trinajstić information content (AvgIpc) is 3.09. The van der Waals surface area contributed by atoms with Gasteiger partial charge in [-0.25, -0.2) is 0 Å². The molecule has 0 N–H and O–H groups in total. The number of fused-ring (bicyclic) bond motifs is 5. The molecule has 33 heavy (non-hydrogen) atoms. The van der Waals surface area contributed by atoms with Gasteiger partial charge in [0.15, 0.2) is 5.78 Å². The molecule has 10 unspecified atom stereocenters. The molecule has 4 aliphatic rings. The summed E-state index contributed by atoms with van der Waals surface area (Å²) in [5.41, 5.74) is 0.438. The maximum atomic E-state index is 13.8. The van der Waals surface area contributed by atoms with Crippen molar-refractivity contribution in [3.8, 4) is 0 Å². The Labute approximate surface area is 210 Å². The number of hydrogen-bond acceptors (Lipinski definition) is 3. The highest BCUT2D eigenvalue weighted by molar-refractivity contribution is 9.10. The Morgan fingerprint density at radius 1 is 1.03 bits per heavy atom. The summed E-state index contributed by atoms with van der Waals surface area (Å²) in [6.45, 7) is 13.7. The topological polar surface area (TPSA) is 43.4 Å². The first-order chi connectivity index (χ1) is 15.5. The number of carbonyl (C=O) groups excluding carboxylic acids is 2. The smallest absolute Gasteiger partial charge is 0.302 e. The molecule has 188 valence electrons. The van der Waals surface area contributed by atoms with Crippen LogP contribution < -0.4 is 0 Å². The van der Waals surface area contributed by atoms with Gasteiger partial charge in [-0.1, -0.05) is 69.8 Å². The summed E-state index contributed by atoms with van der Waals surface area (Å²) in [6.07, 6.45) is 11.8. The molecule has 0 radical (unpaired) electrons. The van der Waals surface area contributed by atoms with Crippen LogP contribution in [0.25, 0.3) is 0 Å². The first-order valence-electron chi connectivity index (χ1n) is 13.8. The van der Waals surface area contributed by atoms with Crippen LogP contribution in [0.3, 0.4) is 0 Å². The van der Waals surface area contributed by atoms with Gasteiger partial charge in [-0.3, -0.25) is 9.59 Å². The van der Waals surface area contributed by atoms with E-state index in [0.717, 1.165) is 37.0 Å². The molecule has 0 amide bonds. The molecule has 0 bridgehead atoms. The minimum atomic E-state index is -0.215. The molecule has 0 aromatic carbocycles. The molecule has 0 heterocycles. The number of alkyl halides is 1. The Morgan fingerprint density at radius 2 is 1.70 bits per heavy atom. The van der Waals surface area contributed by atoms with Gasteiger partial charge in [-0.05, 0) is 91.3 Å². The van der Waals surface area contributed by atoms with E-state index >= 15 is 0 Å². The van der Waals surface area contributed by atoms with Crippen molar-refractivity contribution < 1.29 is 14.3 Å². The first kappa shape index (κ1) is 25.7. The quantitative estimate of drug-likeness (QED) is 0.266. The average molecular weight is 524 g/mol. The molecule has 0 aliphatic heterocycles. The van der Waals surface area contributed by atoms with E-state index < -0.39 is 0 Å². The molecule has 3 nitrogen and oxygen atoms in total. The number of Topliss-reactive ketones (excluding diaryl/α,β-unsaturated/α-hetero) is 1. The zero-order chi connectivity index (χ0) is 24.1. The van der Waals surface area contributed by atoms with E-state index in [4.69, 9.17) is 4.74 Å². The summed E-state index contributed by atoms with van der Waals surface area (Å²) in [5, 5.41) is 0. The van der Waals surface area contributed by atoms with Crippen LogP contribution in [0, 0.1) is 52.3 Å². The van der Waals surface area contributed by atoms with Crippen molar-refractivity contribution in [2.75, 3.05) is 0 Å². The number of rotatable bonds is 6. The summed E-state index contributed by atoms with van der Waals surface area (Å²) in [7, 11) is 0. The highest BCUT2D eigenvalue weighted by Gasteiger charge is 2.65. The lowest BCUT2D eigenvalue weighted by Gasteiger charge is -2.61. The van der Waals surface area contributed by atoms with Crippen molar-refractivity contribution in [3.05, 3.63) is 0 Å². The number of ether oxygens (including phenoxy) is 1. The van der Waals surface area contributed by atoms with Crippen molar-refractivity contribution in [2.24, 2.45) is 52.3 Å². The van der Waals surface area contributed by atoms with Crippen LogP contribution in [0.5, 0.6) is 0 Å². The van der Waals surface area contributed by atoms with Gasteiger partial charge in [-0.15, -0.1) is 0 Å². The van der Waals surface area contributed by atoms with E-state index in [2.05, 4.69) is 50.5 Å². The molecule has 0 saturated heterocycles. The van der Waals surface area contributed by atoms with Crippen molar-refractivity contribution in [3.63, 3.8) is 0 Å². The lowest BCUT2D eigenvalue weighted by molar-refractivity contribution is -0.168. The maximum absolute atomic E-state index is 13.8. The predicted molar refractivity (Wildman–Crippen MR) is 137 cm³/mol. The van der Waals surface area contributed by atoms with Crippen LogP contribution in [0.15, 0.2) is 0 Å². The largest absolute Gasteiger partial charge is 0.463 e. The summed E-state index contributed by atoms with van der Waals surface area (Å²) in [5.74, 6) is 4.32. The highest BCUT2D eigenvalue weighted by Crippen LogP contribution is 2.68. The van der Waals surface area contributed by atoms with Crippen LogP contribution >= 0.6 is 15.9 Å². The van der Waals surface area contributed by atoms with Gasteiger partial charge in [0.2, 0.25) is 0 Å². The Hall–Kier alpha value is -0.380. The van der Waals surface area contributed by atoms with Gasteiger partial charge < -0.3 is 4.74 Å². The lowest BCUT2D eigenvalue weighted by atomic mass is 9.44. The van der Waals surface area contributed by atoms with Gasteiger partial charge in [0.05, 0.1) is 4.83 Å². The van der Waals surface area contributed by atoms with Gasteiger partial charge >= 0.3 is 5.97 Å². The Morgan fingerprint density at radius 3 is 2.36 bits per heavy atom. The zero-order valence-electron chi connectivity index (χ0n) is 21.9. The third kappa shape index (κ3) is 4.49. The number of carbonyl (C=O) groups is 2. The van der Waals surface area contributed by atoms with E-state index in [0.29, 0.717) is 29.0 Å². The molecular formula is C29H47BrO3. The Balaban J connectivity index is 1.53. The standard InChI is InChI=1S/C29H47BrO3/c1-17(2)8-7-9-18(3)21-10-11-22-25-23(13-15-28(21,22)5)29(6)14-12-20(33-19(4)31)16-24(29)27(32)26(25)30/h17-18,20-26H,7-16H2,1-6H3.